The predicted molar refractivity (Wildman–Crippen MR) is 366 cm³/mol. The van der Waals surface area contributed by atoms with Gasteiger partial charge in [-0.25, -0.2) is 19.6 Å². The molecule has 0 radical (unpaired) electrons. The summed E-state index contributed by atoms with van der Waals surface area (Å²) in [6.45, 7) is 11.0. The molecule has 2 aromatic heterocycles. The van der Waals surface area contributed by atoms with Crippen molar-refractivity contribution in [1.82, 2.24) is 50.8 Å². The Labute approximate surface area is 585 Å². The van der Waals surface area contributed by atoms with E-state index in [0.717, 1.165) is 17.5 Å². The van der Waals surface area contributed by atoms with Crippen molar-refractivity contribution >= 4 is 76.4 Å². The molecule has 0 unspecified atom stereocenters. The maximum absolute atomic E-state index is 15.0. The summed E-state index contributed by atoms with van der Waals surface area (Å²) < 4.78 is 17.0. The van der Waals surface area contributed by atoms with Crippen molar-refractivity contribution in [3.63, 3.8) is 0 Å². The molecule has 10 atom stereocenters. The molecule has 3 saturated heterocycles. The number of esters is 2. The lowest BCUT2D eigenvalue weighted by Gasteiger charge is -2.40. The van der Waals surface area contributed by atoms with Gasteiger partial charge in [-0.3, -0.25) is 47.9 Å². The predicted octanol–water partition coefficient (Wildman–Crippen LogP) is 3.93. The number of aliphatic hydroxyl groups excluding tert-OH is 1. The Morgan fingerprint density at radius 3 is 2.24 bits per heavy atom. The molecular weight excluding hydrogens is 1300 g/mol. The maximum atomic E-state index is 15.0. The second kappa shape index (κ2) is 34.9. The van der Waals surface area contributed by atoms with Gasteiger partial charge in [-0.2, -0.15) is 0 Å². The van der Waals surface area contributed by atoms with Gasteiger partial charge in [0.1, 0.15) is 71.7 Å². The quantitative estimate of drug-likeness (QED) is 0.136. The van der Waals surface area contributed by atoms with Crippen LogP contribution in [-0.4, -0.2) is 206 Å². The molecule has 9 rings (SSSR count). The number of aromatic nitrogens is 2. The smallest absolute Gasteiger partial charge is 0.355 e. The molecular formula is C73H89N11O17. The molecule has 2 aromatic carbocycles. The lowest BCUT2D eigenvalue weighted by molar-refractivity contribution is -0.157. The number of anilines is 1. The fourth-order valence-corrected chi connectivity index (χ4v) is 12.5. The number of nitrogens with one attached hydrogen (secondary N) is 4. The molecule has 8 amide bonds. The van der Waals surface area contributed by atoms with Crippen LogP contribution in [-0.2, 0) is 70.3 Å². The summed E-state index contributed by atoms with van der Waals surface area (Å²) in [6, 6.07) is 10.1. The number of carbonyl (C=O) groups excluding carboxylic acids is 12. The summed E-state index contributed by atoms with van der Waals surface area (Å²) in [5, 5.41) is 31.2. The van der Waals surface area contributed by atoms with Crippen LogP contribution < -0.4 is 26.2 Å². The summed E-state index contributed by atoms with van der Waals surface area (Å²) in [4.78, 5) is 180. The van der Waals surface area contributed by atoms with Gasteiger partial charge in [0, 0.05) is 90.8 Å². The minimum absolute atomic E-state index is 0.0299. The van der Waals surface area contributed by atoms with E-state index in [0.29, 0.717) is 18.4 Å². The second-order valence-electron chi connectivity index (χ2n) is 26.1. The number of carbonyl (C=O) groups is 12. The third-order valence-electron chi connectivity index (χ3n) is 18.0. The first-order chi connectivity index (χ1) is 48.1. The Morgan fingerprint density at radius 1 is 0.822 bits per heavy atom. The zero-order valence-electron chi connectivity index (χ0n) is 58.2. The Morgan fingerprint density at radius 2 is 1.54 bits per heavy atom. The van der Waals surface area contributed by atoms with E-state index in [1.165, 1.54) is 58.0 Å². The van der Waals surface area contributed by atoms with E-state index in [1.807, 2.05) is 64.0 Å². The fraction of sp³-hybridized carbons (Fsp3) is 0.452. The van der Waals surface area contributed by atoms with Crippen molar-refractivity contribution in [3.05, 3.63) is 155 Å². The third-order valence-corrected chi connectivity index (χ3v) is 18.0. The van der Waals surface area contributed by atoms with Crippen molar-refractivity contribution in [3.8, 4) is 5.75 Å². The first-order valence-corrected chi connectivity index (χ1v) is 33.8. The fourth-order valence-electron chi connectivity index (χ4n) is 12.5. The number of amides is 8. The number of aliphatic hydroxyl groups is 1. The number of rotatable bonds is 8. The molecule has 6 N–H and O–H groups in total. The number of nitrogens with zero attached hydrogens (tertiary/aromatic N) is 7. The number of ether oxygens (including phenoxy) is 2. The van der Waals surface area contributed by atoms with Gasteiger partial charge in [0.25, 0.3) is 11.8 Å². The van der Waals surface area contributed by atoms with Crippen LogP contribution >= 0.6 is 0 Å². The van der Waals surface area contributed by atoms with E-state index in [9.17, 15) is 67.7 Å². The number of cyclic esters (lactones) is 2. The standard InChI is InChI=1S/C45H54N8O10.C28H35N3O7/c1-6-31-42(59)52-22-11-14-32(52)43(60)51(5)34(24-27-16-18-29(19-17-27)50(3)4)44(61)53-23-20-30(54)25-33(53)39(56)49-37(28-12-8-7-9-13-28)45(62)63-26(2)36(40(57)47-31)48-41(58)38-35(55)15-10-21-46-38;1-17(2)26-19(4)9-10-24(34)29-11-5-7-18(3)13-20(32)14-21(33)15-25-30-22(16-37-25)27(35)31-12-6-8-23(31)28(36)38-26/h7-10,12-13,15-19,21,26,31-34,36-37,55H,6,11,14,20,22-25H2,1-5H3,(H,47,57)(H,48,58)(H,49,56);5,7-10,13,16-17,19-20,26,32H,6,11-12,14-15H2,1-4H3,(H,29,34)/b;7-5+,10-9+,18-13+/t26-,31-,32+,33+,34+,36+,37+;19-,20-,26-/m11/s1. The SMILES string of the molecule is CC1=C\[C@@H](O)CC(=O)Cc2nc(co2)C(=O)N2CCC=C2C(=O)O[C@H](C(C)C)[C@H](C)/C=C/C(=O)NC\C=C\1.CC[C@H]1NC(=O)[C@@H](NC(=O)c2ncccc2O)[C@@H](C)OC(=O)[C@H](c2ccccc2)NC(=O)[C@@H]2CC(=O)CCN2C(=O)[C@H](Cc2ccc(N(C)C)cc2)N(C)C(=O)[C@@H]2CCCN2C1=O. The van der Waals surface area contributed by atoms with Gasteiger partial charge in [-0.1, -0.05) is 106 Å². The molecule has 7 heterocycles. The van der Waals surface area contributed by atoms with E-state index in [1.54, 1.807) is 74.6 Å². The average Bonchev–Trinajstić information content (AvgIpc) is 1.79. The Kier molecular flexibility index (Phi) is 26.3. The van der Waals surface area contributed by atoms with E-state index in [2.05, 4.69) is 31.2 Å². The van der Waals surface area contributed by atoms with Gasteiger partial charge in [0.2, 0.25) is 41.3 Å². The lowest BCUT2D eigenvalue weighted by Crippen LogP contribution is -2.61. The molecule has 5 aliphatic heterocycles. The number of aromatic hydroxyl groups is 1. The Balaban J connectivity index is 0.000000291. The maximum Gasteiger partial charge on any atom is 0.355 e. The topological polar surface area (TPSA) is 367 Å². The molecule has 4 aromatic rings. The van der Waals surface area contributed by atoms with Crippen molar-refractivity contribution in [2.45, 2.75) is 154 Å². The van der Waals surface area contributed by atoms with E-state index < -0.39 is 119 Å². The molecule has 0 spiro atoms. The summed E-state index contributed by atoms with van der Waals surface area (Å²) >= 11 is 0. The average molecular weight is 1390 g/mol. The monoisotopic (exact) mass is 1390 g/mol. The zero-order chi connectivity index (χ0) is 73.4. The van der Waals surface area contributed by atoms with Crippen LogP contribution in [0.1, 0.15) is 131 Å². The summed E-state index contributed by atoms with van der Waals surface area (Å²) in [6.07, 6.45) is 9.66. The minimum Gasteiger partial charge on any atom is -0.505 e. The van der Waals surface area contributed by atoms with Crippen molar-refractivity contribution in [1.29, 1.82) is 0 Å². The van der Waals surface area contributed by atoms with Crippen molar-refractivity contribution < 1.29 is 81.6 Å². The number of ketones is 2. The van der Waals surface area contributed by atoms with Crippen molar-refractivity contribution in [2.75, 3.05) is 52.2 Å². The van der Waals surface area contributed by atoms with Gasteiger partial charge in [-0.15, -0.1) is 0 Å². The number of piperidine rings is 1. The molecule has 3 fully saturated rings. The number of hydrogen-bond donors (Lipinski definition) is 6. The van der Waals surface area contributed by atoms with Crippen LogP contribution in [0.3, 0.4) is 0 Å². The largest absolute Gasteiger partial charge is 0.505 e. The van der Waals surface area contributed by atoms with Crippen molar-refractivity contribution in [2.24, 2.45) is 11.8 Å². The molecule has 5 aliphatic rings. The highest BCUT2D eigenvalue weighted by atomic mass is 16.6. The molecule has 538 valence electrons. The number of benzene rings is 2. The van der Waals surface area contributed by atoms with E-state index in [-0.39, 0.29) is 123 Å². The molecule has 28 heteroatoms. The number of hydrogen-bond acceptors (Lipinski definition) is 20. The first kappa shape index (κ1) is 76.1. The summed E-state index contributed by atoms with van der Waals surface area (Å²) in [7, 11) is 5.25. The first-order valence-electron chi connectivity index (χ1n) is 33.8. The molecule has 2 bridgehead atoms. The van der Waals surface area contributed by atoms with Crippen LogP contribution in [0.2, 0.25) is 0 Å². The lowest BCUT2D eigenvalue weighted by atomic mass is 9.94. The van der Waals surface area contributed by atoms with Gasteiger partial charge < -0.3 is 69.9 Å². The highest BCUT2D eigenvalue weighted by Crippen LogP contribution is 2.29. The summed E-state index contributed by atoms with van der Waals surface area (Å²) in [5.74, 6) is -8.40. The van der Waals surface area contributed by atoms with E-state index in [4.69, 9.17) is 13.9 Å². The van der Waals surface area contributed by atoms with Crippen LogP contribution in [0.4, 0.5) is 5.69 Å². The highest BCUT2D eigenvalue weighted by Gasteiger charge is 2.46. The highest BCUT2D eigenvalue weighted by molar-refractivity contribution is 6.02. The molecule has 0 saturated carbocycles. The zero-order valence-corrected chi connectivity index (χ0v) is 58.2. The normalized spacial score (nSPS) is 26.3. The van der Waals surface area contributed by atoms with Crippen LogP contribution in [0, 0.1) is 11.8 Å². The number of oxazole rings is 1. The Bertz CT molecular complexity index is 3860. The number of Topliss-reactive ketones (excluding diaryl/α,β-unsaturated/α-hetero) is 2. The molecule has 101 heavy (non-hydrogen) atoms. The van der Waals surface area contributed by atoms with Gasteiger partial charge in [-0.05, 0) is 86.9 Å². The number of likely N-dealkylation sites (N-methyl/N-ethyl adjacent to an activating group) is 1. The summed E-state index contributed by atoms with van der Waals surface area (Å²) in [5.41, 5.74) is 2.26. The number of pyridine rings is 1. The van der Waals surface area contributed by atoms with Crippen LogP contribution in [0.15, 0.2) is 131 Å². The Hall–Kier alpha value is -10.6. The van der Waals surface area contributed by atoms with Crippen LogP contribution in [0.5, 0.6) is 5.75 Å². The van der Waals surface area contributed by atoms with E-state index >= 15 is 0 Å². The second-order valence-corrected chi connectivity index (χ2v) is 26.1. The number of fused-ring (bicyclic) bond motifs is 5. The van der Waals surface area contributed by atoms with Gasteiger partial charge in [0.15, 0.2) is 17.4 Å². The third kappa shape index (κ3) is 19.6. The minimum atomic E-state index is -1.68. The number of allylic oxidation sites excluding steroid dienone is 2. The molecule has 28 nitrogen and oxygen atoms in total. The van der Waals surface area contributed by atoms with Crippen LogP contribution in [0.25, 0.3) is 0 Å². The van der Waals surface area contributed by atoms with Gasteiger partial charge >= 0.3 is 11.9 Å². The molecule has 0 aliphatic carbocycles. The van der Waals surface area contributed by atoms with Gasteiger partial charge in [0.05, 0.1) is 12.5 Å².